The van der Waals surface area contributed by atoms with E-state index in [2.05, 4.69) is 80.5 Å². The van der Waals surface area contributed by atoms with Gasteiger partial charge in [-0.3, -0.25) is 0 Å². The van der Waals surface area contributed by atoms with Gasteiger partial charge in [0.1, 0.15) is 13.8 Å². The van der Waals surface area contributed by atoms with Crippen LogP contribution in [0.15, 0.2) is 34.6 Å². The summed E-state index contributed by atoms with van der Waals surface area (Å²) in [5.41, 5.74) is 5.79. The minimum absolute atomic E-state index is 0.0760. The molecule has 0 saturated heterocycles. The number of allylic oxidation sites excluding steroid dienone is 4. The van der Waals surface area contributed by atoms with Gasteiger partial charge in [0.2, 0.25) is 0 Å². The minimum atomic E-state index is -1.86. The maximum absolute atomic E-state index is 6.12. The van der Waals surface area contributed by atoms with Gasteiger partial charge in [0, 0.05) is 0 Å². The Kier molecular flexibility index (Phi) is 5.97. The van der Waals surface area contributed by atoms with Crippen LogP contribution in [0, 0.1) is 12.8 Å². The van der Waals surface area contributed by atoms with Crippen LogP contribution >= 0.6 is 0 Å². The van der Waals surface area contributed by atoms with Crippen molar-refractivity contribution in [2.45, 2.75) is 79.8 Å². The van der Waals surface area contributed by atoms with Crippen LogP contribution in [0.25, 0.3) is 0 Å². The summed E-state index contributed by atoms with van der Waals surface area (Å²) in [4.78, 5) is 0. The van der Waals surface area contributed by atoms with E-state index in [9.17, 15) is 0 Å². The zero-order valence-corrected chi connectivity index (χ0v) is 19.6. The molecule has 0 bridgehead atoms. The van der Waals surface area contributed by atoms with Gasteiger partial charge in [0.25, 0.3) is 0 Å². The number of rotatable bonds is 5. The molecule has 0 spiro atoms. The molecule has 1 aliphatic carbocycles. The molecule has 0 N–H and O–H groups in total. The van der Waals surface area contributed by atoms with Crippen LogP contribution in [0.2, 0.25) is 12.1 Å². The average Bonchev–Trinajstić information content (AvgIpc) is 2.82. The van der Waals surface area contributed by atoms with Crippen molar-refractivity contribution in [1.29, 1.82) is 0 Å². The van der Waals surface area contributed by atoms with Gasteiger partial charge in [-0.25, -0.2) is 0 Å². The van der Waals surface area contributed by atoms with Crippen LogP contribution in [0.4, 0.5) is 0 Å². The van der Waals surface area contributed by atoms with Gasteiger partial charge < -0.3 is 4.74 Å². The molecule has 26 heavy (non-hydrogen) atoms. The molecule has 0 heterocycles. The fourth-order valence-electron chi connectivity index (χ4n) is 4.99. The van der Waals surface area contributed by atoms with Crippen molar-refractivity contribution in [3.8, 4) is 5.75 Å². The molecule has 0 fully saturated rings. The molecule has 0 aromatic heterocycles. The molecule has 2 rings (SSSR count). The van der Waals surface area contributed by atoms with Crippen molar-refractivity contribution in [1.82, 2.24) is 0 Å². The molecule has 1 aliphatic rings. The largest absolute Gasteiger partial charge is 0.497 e. The number of hydrogen-bond acceptors (Lipinski definition) is 1. The normalized spacial score (nSPS) is 18.4. The fourth-order valence-corrected chi connectivity index (χ4v) is 10.4. The van der Waals surface area contributed by atoms with Crippen LogP contribution in [0.1, 0.15) is 66.5 Å². The zero-order valence-electron chi connectivity index (χ0n) is 18.6. The van der Waals surface area contributed by atoms with Crippen LogP contribution in [0.5, 0.6) is 5.75 Å². The lowest BCUT2D eigenvalue weighted by atomic mass is 9.85. The lowest BCUT2D eigenvalue weighted by Crippen LogP contribution is -2.51. The zero-order chi connectivity index (χ0) is 19.9. The van der Waals surface area contributed by atoms with Gasteiger partial charge in [0.05, 0.1) is 7.11 Å². The highest BCUT2D eigenvalue weighted by Crippen LogP contribution is 2.42. The molecule has 1 nitrogen and oxygen atoms in total. The molecule has 0 amide bonds. The summed E-state index contributed by atoms with van der Waals surface area (Å²) in [5, 5.41) is 3.24. The Hall–Kier alpha value is -1.28. The summed E-state index contributed by atoms with van der Waals surface area (Å²) in [6.45, 7) is 20.9. The fraction of sp³-hybridized carbons (Fsp3) is 0.583. The summed E-state index contributed by atoms with van der Waals surface area (Å²) in [5.74, 6) is 1.69. The maximum atomic E-state index is 6.12. The predicted octanol–water partition coefficient (Wildman–Crippen LogP) is 6.45. The Morgan fingerprint density at radius 2 is 1.62 bits per heavy atom. The molecule has 0 radical (unpaired) electrons. The maximum Gasteiger partial charge on any atom is 0.122 e. The standard InChI is InChI=1S/C24H38OSi/c1-11-26(12-2,23-18(5)15-17(4)19(23)6)21-14-16(3)13-20(22(21)25-10)24(7,8)9/h13-15,18H,11-12H2,1-10H3. The van der Waals surface area contributed by atoms with Crippen LogP contribution in [-0.2, 0) is 5.41 Å². The molecule has 1 aromatic rings. The van der Waals surface area contributed by atoms with Gasteiger partial charge in [-0.1, -0.05) is 93.7 Å². The highest BCUT2D eigenvalue weighted by molar-refractivity contribution is 6.98. The number of aryl methyl sites for hydroxylation is 1. The van der Waals surface area contributed by atoms with Crippen molar-refractivity contribution in [2.75, 3.05) is 7.11 Å². The van der Waals surface area contributed by atoms with E-state index in [0.717, 1.165) is 5.75 Å². The quantitative estimate of drug-likeness (QED) is 0.541. The van der Waals surface area contributed by atoms with E-state index in [0.29, 0.717) is 5.92 Å². The molecule has 1 unspecified atom stereocenters. The second-order valence-corrected chi connectivity index (χ2v) is 13.8. The van der Waals surface area contributed by atoms with E-state index < -0.39 is 8.07 Å². The van der Waals surface area contributed by atoms with Gasteiger partial charge in [-0.2, -0.15) is 0 Å². The Labute approximate surface area is 162 Å². The van der Waals surface area contributed by atoms with Gasteiger partial charge in [0.15, 0.2) is 0 Å². The predicted molar refractivity (Wildman–Crippen MR) is 118 cm³/mol. The molecule has 1 aromatic carbocycles. The summed E-state index contributed by atoms with van der Waals surface area (Å²) in [6.07, 6.45) is 2.46. The second kappa shape index (κ2) is 7.38. The van der Waals surface area contributed by atoms with Crippen LogP contribution < -0.4 is 9.92 Å². The molecular formula is C24H38OSi. The van der Waals surface area contributed by atoms with E-state index in [4.69, 9.17) is 4.74 Å². The number of hydrogen-bond donors (Lipinski definition) is 0. The van der Waals surface area contributed by atoms with Crippen LogP contribution in [-0.4, -0.2) is 15.2 Å². The first-order chi connectivity index (χ1) is 12.0. The van der Waals surface area contributed by atoms with Crippen molar-refractivity contribution < 1.29 is 4.74 Å². The van der Waals surface area contributed by atoms with E-state index in [-0.39, 0.29) is 5.41 Å². The first kappa shape index (κ1) is 21.0. The van der Waals surface area contributed by atoms with Gasteiger partial charge in [-0.15, -0.1) is 0 Å². The highest BCUT2D eigenvalue weighted by Gasteiger charge is 2.43. The van der Waals surface area contributed by atoms with E-state index in [1.54, 1.807) is 5.20 Å². The third-order valence-corrected chi connectivity index (χ3v) is 12.1. The molecule has 2 heteroatoms. The SMILES string of the molecule is CC[Si](CC)(C1=C(C)C(C)=CC1C)c1cc(C)cc(C(C)(C)C)c1OC. The topological polar surface area (TPSA) is 9.23 Å². The Morgan fingerprint density at radius 1 is 1.04 bits per heavy atom. The highest BCUT2D eigenvalue weighted by atomic mass is 28.3. The van der Waals surface area contributed by atoms with E-state index in [1.807, 2.05) is 7.11 Å². The third kappa shape index (κ3) is 3.33. The van der Waals surface area contributed by atoms with Crippen molar-refractivity contribution >= 4 is 13.3 Å². The molecule has 144 valence electrons. The first-order valence-corrected chi connectivity index (χ1v) is 12.5. The summed E-state index contributed by atoms with van der Waals surface area (Å²) >= 11 is 0. The Balaban J connectivity index is 2.87. The number of ether oxygens (including phenoxy) is 1. The smallest absolute Gasteiger partial charge is 0.122 e. The monoisotopic (exact) mass is 370 g/mol. The molecular weight excluding hydrogens is 332 g/mol. The van der Waals surface area contributed by atoms with Gasteiger partial charge in [-0.05, 0) is 42.9 Å². The molecule has 0 saturated carbocycles. The third-order valence-electron chi connectivity index (χ3n) is 6.43. The summed E-state index contributed by atoms with van der Waals surface area (Å²) in [7, 11) is -0.00117. The van der Waals surface area contributed by atoms with E-state index in [1.165, 1.54) is 39.5 Å². The Morgan fingerprint density at radius 3 is 2.00 bits per heavy atom. The Bertz CT molecular complexity index is 742. The molecule has 1 atom stereocenters. The van der Waals surface area contributed by atoms with Crippen LogP contribution in [0.3, 0.4) is 0 Å². The first-order valence-electron chi connectivity index (χ1n) is 10.1. The molecule has 0 aliphatic heterocycles. The second-order valence-electron chi connectivity index (χ2n) is 9.11. The van der Waals surface area contributed by atoms with Crippen molar-refractivity contribution in [3.05, 3.63) is 45.7 Å². The van der Waals surface area contributed by atoms with Gasteiger partial charge >= 0.3 is 0 Å². The minimum Gasteiger partial charge on any atom is -0.497 e. The van der Waals surface area contributed by atoms with Crippen molar-refractivity contribution in [2.24, 2.45) is 5.92 Å². The van der Waals surface area contributed by atoms with E-state index >= 15 is 0 Å². The lowest BCUT2D eigenvalue weighted by molar-refractivity contribution is 0.400. The summed E-state index contributed by atoms with van der Waals surface area (Å²) < 4.78 is 6.12. The lowest BCUT2D eigenvalue weighted by Gasteiger charge is -2.38. The number of benzene rings is 1. The van der Waals surface area contributed by atoms with Crippen molar-refractivity contribution in [3.63, 3.8) is 0 Å². The number of methoxy groups -OCH3 is 1. The summed E-state index contributed by atoms with van der Waals surface area (Å²) in [6, 6.07) is 7.22. The average molecular weight is 371 g/mol.